The third-order valence-electron chi connectivity index (χ3n) is 2.31. The van der Waals surface area contributed by atoms with Crippen LogP contribution in [-0.2, 0) is 0 Å². The molecule has 0 saturated carbocycles. The van der Waals surface area contributed by atoms with Crippen molar-refractivity contribution >= 4 is 0 Å². The van der Waals surface area contributed by atoms with Crippen LogP contribution in [0, 0.1) is 0 Å². The van der Waals surface area contributed by atoms with Crippen LogP contribution in [-0.4, -0.2) is 30.7 Å². The lowest BCUT2D eigenvalue weighted by Crippen LogP contribution is -2.51. The van der Waals surface area contributed by atoms with Gasteiger partial charge in [0.1, 0.15) is 0 Å². The van der Waals surface area contributed by atoms with Gasteiger partial charge in [0.05, 0.1) is 6.17 Å². The monoisotopic (exact) mass is 128 g/mol. The molecule has 1 fully saturated rings. The number of hydrogen-bond acceptors (Lipinski definition) is 2. The molecule has 1 aliphatic rings. The van der Waals surface area contributed by atoms with Gasteiger partial charge in [0, 0.05) is 6.04 Å². The van der Waals surface area contributed by atoms with Crippen LogP contribution >= 0.6 is 0 Å². The van der Waals surface area contributed by atoms with Crippen LogP contribution in [0.4, 0.5) is 0 Å². The van der Waals surface area contributed by atoms with Crippen LogP contribution in [0.5, 0.6) is 0 Å². The highest BCUT2D eigenvalue weighted by Gasteiger charge is 2.19. The smallest absolute Gasteiger partial charge is 0.0567 e. The number of nitrogens with zero attached hydrogens (tertiary/aromatic N) is 1. The summed E-state index contributed by atoms with van der Waals surface area (Å²) in [6.45, 7) is 5.65. The molecule has 54 valence electrons. The third-order valence-corrected chi connectivity index (χ3v) is 2.31. The summed E-state index contributed by atoms with van der Waals surface area (Å²) in [5.74, 6) is 0. The molecule has 2 heteroatoms. The second kappa shape index (κ2) is 2.67. The molecular formula is C7H16N2. The summed E-state index contributed by atoms with van der Waals surface area (Å²) >= 11 is 0. The van der Waals surface area contributed by atoms with Gasteiger partial charge >= 0.3 is 0 Å². The molecule has 0 bridgehead atoms. The van der Waals surface area contributed by atoms with E-state index in [0.29, 0.717) is 6.17 Å². The standard InChI is InChI=1S/C7H16N2/c1-6-4-5-8-7(2)9(6)3/h6-8H,4-5H2,1-3H3. The maximum absolute atomic E-state index is 3.39. The van der Waals surface area contributed by atoms with Gasteiger partial charge in [-0.05, 0) is 33.9 Å². The second-order valence-electron chi connectivity index (χ2n) is 2.93. The molecule has 1 heterocycles. The Morgan fingerprint density at radius 1 is 1.44 bits per heavy atom. The average molecular weight is 128 g/mol. The van der Waals surface area contributed by atoms with Crippen molar-refractivity contribution in [3.8, 4) is 0 Å². The Bertz CT molecular complexity index is 82.9. The fourth-order valence-electron chi connectivity index (χ4n) is 1.23. The first-order valence-electron chi connectivity index (χ1n) is 3.67. The summed E-state index contributed by atoms with van der Waals surface area (Å²) in [5, 5.41) is 3.39. The lowest BCUT2D eigenvalue weighted by Gasteiger charge is -2.36. The lowest BCUT2D eigenvalue weighted by molar-refractivity contribution is 0.123. The molecule has 0 amide bonds. The van der Waals surface area contributed by atoms with E-state index in [9.17, 15) is 0 Å². The normalized spacial score (nSPS) is 39.0. The number of hydrogen-bond donors (Lipinski definition) is 1. The van der Waals surface area contributed by atoms with Crippen molar-refractivity contribution in [2.75, 3.05) is 13.6 Å². The summed E-state index contributed by atoms with van der Waals surface area (Å²) in [5.41, 5.74) is 0. The van der Waals surface area contributed by atoms with Gasteiger partial charge in [0.25, 0.3) is 0 Å². The first-order chi connectivity index (χ1) is 4.22. The Labute approximate surface area is 57.2 Å². The summed E-state index contributed by atoms with van der Waals surface area (Å²) in [6.07, 6.45) is 1.84. The predicted molar refractivity (Wildman–Crippen MR) is 39.3 cm³/mol. The third kappa shape index (κ3) is 1.43. The molecule has 9 heavy (non-hydrogen) atoms. The zero-order chi connectivity index (χ0) is 6.85. The minimum absolute atomic E-state index is 0.564. The Kier molecular flexibility index (Phi) is 2.09. The summed E-state index contributed by atoms with van der Waals surface area (Å²) in [6, 6.07) is 0.751. The van der Waals surface area contributed by atoms with Gasteiger partial charge in [0.15, 0.2) is 0 Å². The minimum atomic E-state index is 0.564. The predicted octanol–water partition coefficient (Wildman–Crippen LogP) is 0.646. The molecule has 2 nitrogen and oxygen atoms in total. The fourth-order valence-corrected chi connectivity index (χ4v) is 1.23. The van der Waals surface area contributed by atoms with E-state index in [1.165, 1.54) is 13.0 Å². The molecule has 1 saturated heterocycles. The van der Waals surface area contributed by atoms with E-state index < -0.39 is 0 Å². The zero-order valence-electron chi connectivity index (χ0n) is 6.52. The minimum Gasteiger partial charge on any atom is -0.302 e. The lowest BCUT2D eigenvalue weighted by atomic mass is 10.1. The molecule has 1 rings (SSSR count). The summed E-state index contributed by atoms with van der Waals surface area (Å²) in [7, 11) is 2.17. The van der Waals surface area contributed by atoms with Crippen LogP contribution in [0.2, 0.25) is 0 Å². The highest BCUT2D eigenvalue weighted by molar-refractivity contribution is 4.74. The number of nitrogens with one attached hydrogen (secondary N) is 1. The van der Waals surface area contributed by atoms with Crippen molar-refractivity contribution in [3.63, 3.8) is 0 Å². The molecule has 2 unspecified atom stereocenters. The van der Waals surface area contributed by atoms with Crippen molar-refractivity contribution in [1.29, 1.82) is 0 Å². The second-order valence-corrected chi connectivity index (χ2v) is 2.93. The van der Waals surface area contributed by atoms with Crippen molar-refractivity contribution in [2.45, 2.75) is 32.5 Å². The molecule has 1 aliphatic heterocycles. The molecule has 0 aromatic carbocycles. The molecule has 0 aromatic rings. The van der Waals surface area contributed by atoms with Crippen LogP contribution in [0.3, 0.4) is 0 Å². The van der Waals surface area contributed by atoms with Gasteiger partial charge in [-0.3, -0.25) is 4.90 Å². The van der Waals surface area contributed by atoms with E-state index >= 15 is 0 Å². The van der Waals surface area contributed by atoms with Gasteiger partial charge in [-0.15, -0.1) is 0 Å². The van der Waals surface area contributed by atoms with Crippen LogP contribution < -0.4 is 5.32 Å². The Hall–Kier alpha value is -0.0800. The van der Waals surface area contributed by atoms with Gasteiger partial charge in [0.2, 0.25) is 0 Å². The summed E-state index contributed by atoms with van der Waals surface area (Å²) in [4.78, 5) is 2.36. The van der Waals surface area contributed by atoms with Gasteiger partial charge in [-0.25, -0.2) is 0 Å². The van der Waals surface area contributed by atoms with E-state index in [-0.39, 0.29) is 0 Å². The van der Waals surface area contributed by atoms with Crippen molar-refractivity contribution in [1.82, 2.24) is 10.2 Å². The maximum Gasteiger partial charge on any atom is 0.0567 e. The molecular weight excluding hydrogens is 112 g/mol. The van der Waals surface area contributed by atoms with E-state index in [0.717, 1.165) is 6.04 Å². The van der Waals surface area contributed by atoms with E-state index in [2.05, 4.69) is 31.1 Å². The Balaban J connectivity index is 2.41. The first-order valence-corrected chi connectivity index (χ1v) is 3.67. The highest BCUT2D eigenvalue weighted by atomic mass is 15.3. The Morgan fingerprint density at radius 2 is 2.11 bits per heavy atom. The topological polar surface area (TPSA) is 15.3 Å². The molecule has 0 radical (unpaired) electrons. The van der Waals surface area contributed by atoms with Crippen LogP contribution in [0.25, 0.3) is 0 Å². The van der Waals surface area contributed by atoms with Crippen LogP contribution in [0.15, 0.2) is 0 Å². The highest BCUT2D eigenvalue weighted by Crippen LogP contribution is 2.07. The average Bonchev–Trinajstić information content (AvgIpc) is 1.83. The van der Waals surface area contributed by atoms with Crippen LogP contribution in [0.1, 0.15) is 20.3 Å². The molecule has 2 atom stereocenters. The molecule has 1 N–H and O–H groups in total. The SMILES string of the molecule is CC1CCNC(C)N1C. The van der Waals surface area contributed by atoms with Gasteiger partial charge < -0.3 is 5.32 Å². The Morgan fingerprint density at radius 3 is 2.56 bits per heavy atom. The van der Waals surface area contributed by atoms with Crippen molar-refractivity contribution in [3.05, 3.63) is 0 Å². The van der Waals surface area contributed by atoms with E-state index in [1.54, 1.807) is 0 Å². The largest absolute Gasteiger partial charge is 0.302 e. The van der Waals surface area contributed by atoms with E-state index in [1.807, 2.05) is 0 Å². The van der Waals surface area contributed by atoms with E-state index in [4.69, 9.17) is 0 Å². The molecule has 0 aromatic heterocycles. The quantitative estimate of drug-likeness (QED) is 0.515. The van der Waals surface area contributed by atoms with Gasteiger partial charge in [-0.1, -0.05) is 0 Å². The molecule has 0 aliphatic carbocycles. The first kappa shape index (κ1) is 7.03. The maximum atomic E-state index is 3.39. The molecule has 0 spiro atoms. The van der Waals surface area contributed by atoms with Gasteiger partial charge in [-0.2, -0.15) is 0 Å². The zero-order valence-corrected chi connectivity index (χ0v) is 6.52. The van der Waals surface area contributed by atoms with Crippen molar-refractivity contribution in [2.24, 2.45) is 0 Å². The summed E-state index contributed by atoms with van der Waals surface area (Å²) < 4.78 is 0. The fraction of sp³-hybridized carbons (Fsp3) is 1.00. The van der Waals surface area contributed by atoms with Crippen molar-refractivity contribution < 1.29 is 0 Å². The number of rotatable bonds is 0.